The van der Waals surface area contributed by atoms with E-state index in [9.17, 15) is 14.5 Å². The van der Waals surface area contributed by atoms with Crippen LogP contribution in [0.2, 0.25) is 0 Å². The van der Waals surface area contributed by atoms with E-state index in [1.54, 1.807) is 0 Å². The summed E-state index contributed by atoms with van der Waals surface area (Å²) >= 11 is 0. The molecule has 0 saturated heterocycles. The first-order valence-corrected chi connectivity index (χ1v) is 5.27. The molecule has 2 rings (SSSR count). The van der Waals surface area contributed by atoms with E-state index in [0.717, 1.165) is 17.7 Å². The van der Waals surface area contributed by atoms with Crippen molar-refractivity contribution in [3.63, 3.8) is 0 Å². The highest BCUT2D eigenvalue weighted by Crippen LogP contribution is 2.28. The Balaban J connectivity index is 2.17. The lowest BCUT2D eigenvalue weighted by Crippen LogP contribution is -1.99. The van der Waals surface area contributed by atoms with E-state index in [-0.39, 0.29) is 18.0 Å². The van der Waals surface area contributed by atoms with Crippen LogP contribution < -0.4 is 4.74 Å². The van der Waals surface area contributed by atoms with E-state index < -0.39 is 10.7 Å². The SMILES string of the molecule is O=[N+]([O-])c1cc(F)ccc1OCc1ccccc1. The van der Waals surface area contributed by atoms with Gasteiger partial charge in [0.05, 0.1) is 11.0 Å². The predicted octanol–water partition coefficient (Wildman–Crippen LogP) is 3.31. The molecule has 0 saturated carbocycles. The smallest absolute Gasteiger partial charge is 0.313 e. The van der Waals surface area contributed by atoms with Crippen molar-refractivity contribution in [3.8, 4) is 5.75 Å². The highest BCUT2D eigenvalue weighted by Gasteiger charge is 2.16. The maximum absolute atomic E-state index is 12.9. The van der Waals surface area contributed by atoms with Gasteiger partial charge < -0.3 is 4.74 Å². The van der Waals surface area contributed by atoms with Crippen molar-refractivity contribution in [2.45, 2.75) is 6.61 Å². The van der Waals surface area contributed by atoms with Crippen molar-refractivity contribution in [2.75, 3.05) is 0 Å². The summed E-state index contributed by atoms with van der Waals surface area (Å²) in [6.45, 7) is 0.202. The zero-order valence-electron chi connectivity index (χ0n) is 9.38. The Kier molecular flexibility index (Phi) is 3.52. The third-order valence-corrected chi connectivity index (χ3v) is 2.35. The van der Waals surface area contributed by atoms with Crippen molar-refractivity contribution in [1.82, 2.24) is 0 Å². The first-order chi connectivity index (χ1) is 8.66. The van der Waals surface area contributed by atoms with Gasteiger partial charge in [0.2, 0.25) is 0 Å². The average molecular weight is 247 g/mol. The number of nitro benzene ring substituents is 1. The van der Waals surface area contributed by atoms with Gasteiger partial charge in [-0.2, -0.15) is 0 Å². The molecule has 0 aliphatic carbocycles. The molecule has 2 aromatic carbocycles. The number of hydrogen-bond donors (Lipinski definition) is 0. The van der Waals surface area contributed by atoms with Crippen LogP contribution in [0, 0.1) is 15.9 Å². The van der Waals surface area contributed by atoms with Gasteiger partial charge in [-0.05, 0) is 17.7 Å². The summed E-state index contributed by atoms with van der Waals surface area (Å²) in [6, 6.07) is 12.5. The maximum atomic E-state index is 12.9. The van der Waals surface area contributed by atoms with Crippen molar-refractivity contribution in [1.29, 1.82) is 0 Å². The summed E-state index contributed by atoms with van der Waals surface area (Å²) in [5, 5.41) is 10.7. The number of nitrogens with zero attached hydrogens (tertiary/aromatic N) is 1. The van der Waals surface area contributed by atoms with Crippen LogP contribution in [-0.4, -0.2) is 4.92 Å². The van der Waals surface area contributed by atoms with Crippen LogP contribution in [-0.2, 0) is 6.61 Å². The van der Waals surface area contributed by atoms with Crippen LogP contribution in [0.1, 0.15) is 5.56 Å². The molecule has 0 radical (unpaired) electrons. The van der Waals surface area contributed by atoms with Crippen molar-refractivity contribution in [2.24, 2.45) is 0 Å². The molecule has 18 heavy (non-hydrogen) atoms. The third kappa shape index (κ3) is 2.82. The molecule has 0 bridgehead atoms. The molecule has 0 aliphatic heterocycles. The molecule has 0 fully saturated rings. The van der Waals surface area contributed by atoms with E-state index in [0.29, 0.717) is 0 Å². The Morgan fingerprint density at radius 2 is 1.89 bits per heavy atom. The summed E-state index contributed by atoms with van der Waals surface area (Å²) in [4.78, 5) is 10.1. The standard InChI is InChI=1S/C13H10FNO3/c14-11-6-7-13(12(8-11)15(16)17)18-9-10-4-2-1-3-5-10/h1-8H,9H2. The molecule has 0 N–H and O–H groups in total. The first-order valence-electron chi connectivity index (χ1n) is 5.27. The number of rotatable bonds is 4. The Morgan fingerprint density at radius 3 is 2.56 bits per heavy atom. The van der Waals surface area contributed by atoms with Gasteiger partial charge in [-0.3, -0.25) is 10.1 Å². The minimum atomic E-state index is -0.663. The van der Waals surface area contributed by atoms with Gasteiger partial charge in [0, 0.05) is 0 Å². The average Bonchev–Trinajstić information content (AvgIpc) is 2.38. The second-order valence-corrected chi connectivity index (χ2v) is 3.64. The summed E-state index contributed by atoms with van der Waals surface area (Å²) in [6.07, 6.45) is 0. The number of ether oxygens (including phenoxy) is 1. The highest BCUT2D eigenvalue weighted by molar-refractivity contribution is 5.46. The first kappa shape index (κ1) is 12.0. The quantitative estimate of drug-likeness (QED) is 0.615. The van der Waals surface area contributed by atoms with Crippen molar-refractivity contribution < 1.29 is 14.1 Å². The number of benzene rings is 2. The van der Waals surface area contributed by atoms with Crippen LogP contribution in [0.3, 0.4) is 0 Å². The predicted molar refractivity (Wildman–Crippen MR) is 63.8 cm³/mol. The minimum absolute atomic E-state index is 0.0604. The molecule has 2 aromatic rings. The minimum Gasteiger partial charge on any atom is -0.482 e. The maximum Gasteiger partial charge on any atom is 0.313 e. The zero-order chi connectivity index (χ0) is 13.0. The summed E-state index contributed by atoms with van der Waals surface area (Å²) in [5.41, 5.74) is 0.516. The molecule has 5 heteroatoms. The lowest BCUT2D eigenvalue weighted by molar-refractivity contribution is -0.386. The van der Waals surface area contributed by atoms with Gasteiger partial charge in [0.1, 0.15) is 12.4 Å². The lowest BCUT2D eigenvalue weighted by atomic mass is 10.2. The number of nitro groups is 1. The number of halogens is 1. The van der Waals surface area contributed by atoms with Crippen molar-refractivity contribution in [3.05, 3.63) is 70.0 Å². The largest absolute Gasteiger partial charge is 0.482 e. The van der Waals surface area contributed by atoms with E-state index in [2.05, 4.69) is 0 Å². The lowest BCUT2D eigenvalue weighted by Gasteiger charge is -2.06. The molecular formula is C13H10FNO3. The van der Waals surface area contributed by atoms with Gasteiger partial charge in [-0.1, -0.05) is 30.3 Å². The Labute approximate surface area is 103 Å². The molecule has 0 atom stereocenters. The molecule has 0 amide bonds. The van der Waals surface area contributed by atoms with Crippen LogP contribution in [0.4, 0.5) is 10.1 Å². The van der Waals surface area contributed by atoms with E-state index in [1.165, 1.54) is 6.07 Å². The van der Waals surface area contributed by atoms with Crippen LogP contribution >= 0.6 is 0 Å². The van der Waals surface area contributed by atoms with E-state index in [4.69, 9.17) is 4.74 Å². The molecule has 0 aromatic heterocycles. The van der Waals surface area contributed by atoms with Crippen LogP contribution in [0.5, 0.6) is 5.75 Å². The zero-order valence-corrected chi connectivity index (χ0v) is 9.38. The second-order valence-electron chi connectivity index (χ2n) is 3.64. The van der Waals surface area contributed by atoms with Crippen LogP contribution in [0.15, 0.2) is 48.5 Å². The molecule has 0 unspecified atom stereocenters. The molecule has 0 spiro atoms. The fourth-order valence-corrected chi connectivity index (χ4v) is 1.49. The third-order valence-electron chi connectivity index (χ3n) is 2.35. The molecule has 0 heterocycles. The molecule has 92 valence electrons. The molecule has 4 nitrogen and oxygen atoms in total. The molecule has 0 aliphatic rings. The normalized spacial score (nSPS) is 10.1. The van der Waals surface area contributed by atoms with Gasteiger partial charge in [0.15, 0.2) is 5.75 Å². The van der Waals surface area contributed by atoms with Gasteiger partial charge in [-0.25, -0.2) is 4.39 Å². The van der Waals surface area contributed by atoms with Gasteiger partial charge in [0.25, 0.3) is 0 Å². The highest BCUT2D eigenvalue weighted by atomic mass is 19.1. The fraction of sp³-hybridized carbons (Fsp3) is 0.0769. The Hall–Kier alpha value is -2.43. The van der Waals surface area contributed by atoms with E-state index in [1.807, 2.05) is 30.3 Å². The topological polar surface area (TPSA) is 52.4 Å². The Morgan fingerprint density at radius 1 is 1.17 bits per heavy atom. The summed E-state index contributed by atoms with van der Waals surface area (Å²) in [7, 11) is 0. The Bertz CT molecular complexity index is 557. The fourth-order valence-electron chi connectivity index (χ4n) is 1.49. The van der Waals surface area contributed by atoms with E-state index >= 15 is 0 Å². The van der Waals surface area contributed by atoms with Crippen LogP contribution in [0.25, 0.3) is 0 Å². The van der Waals surface area contributed by atoms with Gasteiger partial charge >= 0.3 is 5.69 Å². The monoisotopic (exact) mass is 247 g/mol. The molecular weight excluding hydrogens is 237 g/mol. The van der Waals surface area contributed by atoms with Gasteiger partial charge in [-0.15, -0.1) is 0 Å². The second kappa shape index (κ2) is 5.27. The van der Waals surface area contributed by atoms with Crippen molar-refractivity contribution >= 4 is 5.69 Å². The summed E-state index contributed by atoms with van der Waals surface area (Å²) in [5.74, 6) is -0.598. The number of hydrogen-bond acceptors (Lipinski definition) is 3. The summed E-state index contributed by atoms with van der Waals surface area (Å²) < 4.78 is 18.2.